The van der Waals surface area contributed by atoms with E-state index in [4.69, 9.17) is 9.97 Å². The predicted octanol–water partition coefficient (Wildman–Crippen LogP) is 2.51. The Hall–Kier alpha value is -3.52. The Morgan fingerprint density at radius 2 is 1.69 bits per heavy atom. The molecule has 0 spiro atoms. The van der Waals surface area contributed by atoms with Crippen LogP contribution in [0.15, 0.2) is 48.5 Å². The maximum Gasteiger partial charge on any atom is 0.231 e. The molecule has 2 aliphatic rings. The highest BCUT2D eigenvalue weighted by Crippen LogP contribution is 2.33. The summed E-state index contributed by atoms with van der Waals surface area (Å²) in [7, 11) is 0. The van der Waals surface area contributed by atoms with Gasteiger partial charge in [0.1, 0.15) is 11.5 Å². The number of aliphatic hydroxyl groups is 1. The number of hydrogen-bond acceptors (Lipinski definition) is 8. The van der Waals surface area contributed by atoms with E-state index in [1.165, 1.54) is 5.56 Å². The minimum absolute atomic E-state index is 0.0578. The molecule has 1 fully saturated rings. The monoisotopic (exact) mass is 431 g/mol. The number of piperidine rings is 1. The van der Waals surface area contributed by atoms with E-state index in [9.17, 15) is 15.0 Å². The number of ketones is 1. The average molecular weight is 431 g/mol. The van der Waals surface area contributed by atoms with Crippen molar-refractivity contribution < 1.29 is 15.0 Å². The molecule has 3 aromatic rings. The lowest BCUT2D eigenvalue weighted by atomic mass is 9.93. The number of benzene rings is 2. The Labute approximate surface area is 186 Å². The van der Waals surface area contributed by atoms with Crippen LogP contribution < -0.4 is 9.80 Å². The lowest BCUT2D eigenvalue weighted by Crippen LogP contribution is -2.40. The number of Topliss-reactive ketones (excluding diaryl/α,β-unsaturated/α-hetero) is 1. The van der Waals surface area contributed by atoms with Crippen LogP contribution >= 0.6 is 0 Å². The van der Waals surface area contributed by atoms with Crippen molar-refractivity contribution in [3.63, 3.8) is 0 Å². The van der Waals surface area contributed by atoms with E-state index >= 15 is 0 Å². The summed E-state index contributed by atoms with van der Waals surface area (Å²) in [5, 5.41) is 20.2. The van der Waals surface area contributed by atoms with Crippen LogP contribution in [-0.4, -0.2) is 57.2 Å². The smallest absolute Gasteiger partial charge is 0.231 e. The van der Waals surface area contributed by atoms with Crippen LogP contribution in [0.3, 0.4) is 0 Å². The second-order valence-electron chi connectivity index (χ2n) is 8.18. The third-order valence-electron chi connectivity index (χ3n) is 6.16. The molecule has 2 aliphatic heterocycles. The van der Waals surface area contributed by atoms with Crippen LogP contribution in [0, 0.1) is 0 Å². The first-order valence-corrected chi connectivity index (χ1v) is 10.9. The maximum absolute atomic E-state index is 11.7. The highest BCUT2D eigenvalue weighted by molar-refractivity contribution is 5.80. The Morgan fingerprint density at radius 3 is 2.47 bits per heavy atom. The minimum atomic E-state index is -0.254. The number of anilines is 2. The van der Waals surface area contributed by atoms with Gasteiger partial charge in [-0.3, -0.25) is 4.79 Å². The summed E-state index contributed by atoms with van der Waals surface area (Å²) in [4.78, 5) is 29.9. The van der Waals surface area contributed by atoms with Crippen molar-refractivity contribution in [3.8, 4) is 17.1 Å². The van der Waals surface area contributed by atoms with Crippen molar-refractivity contribution >= 4 is 17.7 Å². The summed E-state index contributed by atoms with van der Waals surface area (Å²) in [5.74, 6) is 1.83. The molecular weight excluding hydrogens is 406 g/mol. The SMILES string of the molecule is O=C1CCN(c2nc(-c3cccc(O)c3)nc(N3CCc4ccccc4[C@@H]3CO)n2)CC1. The van der Waals surface area contributed by atoms with Gasteiger partial charge in [0.25, 0.3) is 0 Å². The molecule has 8 heteroatoms. The second kappa shape index (κ2) is 8.55. The van der Waals surface area contributed by atoms with Crippen LogP contribution in [0.1, 0.15) is 30.0 Å². The van der Waals surface area contributed by atoms with Gasteiger partial charge >= 0.3 is 0 Å². The van der Waals surface area contributed by atoms with Gasteiger partial charge in [-0.1, -0.05) is 36.4 Å². The summed E-state index contributed by atoms with van der Waals surface area (Å²) in [5.41, 5.74) is 2.98. The summed E-state index contributed by atoms with van der Waals surface area (Å²) in [6.45, 7) is 1.74. The lowest BCUT2D eigenvalue weighted by molar-refractivity contribution is -0.119. The minimum Gasteiger partial charge on any atom is -0.508 e. The zero-order chi connectivity index (χ0) is 22.1. The molecule has 0 bridgehead atoms. The highest BCUT2D eigenvalue weighted by atomic mass is 16.3. The van der Waals surface area contributed by atoms with Gasteiger partial charge in [-0.15, -0.1) is 0 Å². The molecule has 0 saturated carbocycles. The number of carbonyl (C=O) groups excluding carboxylic acids is 1. The van der Waals surface area contributed by atoms with Gasteiger partial charge in [0.05, 0.1) is 12.6 Å². The lowest BCUT2D eigenvalue weighted by Gasteiger charge is -2.37. The van der Waals surface area contributed by atoms with E-state index in [0.717, 1.165) is 12.0 Å². The number of nitrogens with zero attached hydrogens (tertiary/aromatic N) is 5. The fourth-order valence-electron chi connectivity index (χ4n) is 4.44. The Kier molecular flexibility index (Phi) is 5.45. The van der Waals surface area contributed by atoms with Crippen molar-refractivity contribution in [2.24, 2.45) is 0 Å². The van der Waals surface area contributed by atoms with E-state index in [2.05, 4.69) is 11.1 Å². The number of phenolic OH excluding ortho intramolecular Hbond substituents is 1. The predicted molar refractivity (Wildman–Crippen MR) is 121 cm³/mol. The molecule has 0 aliphatic carbocycles. The molecule has 0 radical (unpaired) electrons. The molecule has 2 aromatic carbocycles. The standard InChI is InChI=1S/C24H25N5O3/c30-15-21-20-7-2-1-4-16(20)8-13-29(21)24-26-22(17-5-3-6-19(32)14-17)25-23(27-24)28-11-9-18(31)10-12-28/h1-7,14,21,30,32H,8-13,15H2/t21-/m0/s1. The van der Waals surface area contributed by atoms with E-state index in [1.54, 1.807) is 18.2 Å². The molecule has 0 amide bonds. The number of hydrogen-bond donors (Lipinski definition) is 2. The molecule has 32 heavy (non-hydrogen) atoms. The highest BCUT2D eigenvalue weighted by Gasteiger charge is 2.30. The first-order valence-electron chi connectivity index (χ1n) is 10.9. The van der Waals surface area contributed by atoms with Crippen molar-refractivity contribution in [3.05, 3.63) is 59.7 Å². The molecule has 0 unspecified atom stereocenters. The van der Waals surface area contributed by atoms with Crippen LogP contribution in [0.25, 0.3) is 11.4 Å². The zero-order valence-corrected chi connectivity index (χ0v) is 17.7. The Morgan fingerprint density at radius 1 is 0.906 bits per heavy atom. The quantitative estimate of drug-likeness (QED) is 0.650. The summed E-state index contributed by atoms with van der Waals surface area (Å²) < 4.78 is 0. The van der Waals surface area contributed by atoms with Gasteiger partial charge in [-0.25, -0.2) is 0 Å². The van der Waals surface area contributed by atoms with Gasteiger partial charge in [-0.05, 0) is 29.7 Å². The fourth-order valence-corrected chi connectivity index (χ4v) is 4.44. The number of carbonyl (C=O) groups is 1. The van der Waals surface area contributed by atoms with E-state index < -0.39 is 0 Å². The van der Waals surface area contributed by atoms with Crippen LogP contribution in [0.4, 0.5) is 11.9 Å². The Bertz CT molecular complexity index is 1140. The van der Waals surface area contributed by atoms with Crippen LogP contribution in [-0.2, 0) is 11.2 Å². The summed E-state index contributed by atoms with van der Waals surface area (Å²) in [6.07, 6.45) is 1.77. The molecule has 1 aromatic heterocycles. The van der Waals surface area contributed by atoms with E-state index in [1.807, 2.05) is 34.1 Å². The van der Waals surface area contributed by atoms with Gasteiger partial charge in [0.2, 0.25) is 11.9 Å². The largest absolute Gasteiger partial charge is 0.508 e. The van der Waals surface area contributed by atoms with Gasteiger partial charge in [0, 0.05) is 38.0 Å². The van der Waals surface area contributed by atoms with Crippen LogP contribution in [0.5, 0.6) is 5.75 Å². The molecule has 3 heterocycles. The fraction of sp³-hybridized carbons (Fsp3) is 0.333. The summed E-state index contributed by atoms with van der Waals surface area (Å²) in [6, 6.07) is 14.7. The maximum atomic E-state index is 11.7. The topological polar surface area (TPSA) is 103 Å². The number of rotatable bonds is 4. The van der Waals surface area contributed by atoms with Crippen molar-refractivity contribution in [1.29, 1.82) is 0 Å². The van der Waals surface area contributed by atoms with Gasteiger partial charge < -0.3 is 20.0 Å². The average Bonchev–Trinajstić information content (AvgIpc) is 2.83. The van der Waals surface area contributed by atoms with Gasteiger partial charge in [-0.2, -0.15) is 15.0 Å². The number of aliphatic hydroxyl groups excluding tert-OH is 1. The third kappa shape index (κ3) is 3.89. The molecule has 2 N–H and O–H groups in total. The first kappa shape index (κ1) is 20.4. The van der Waals surface area contributed by atoms with Crippen molar-refractivity contribution in [1.82, 2.24) is 15.0 Å². The zero-order valence-electron chi connectivity index (χ0n) is 17.7. The second-order valence-corrected chi connectivity index (χ2v) is 8.18. The van der Waals surface area contributed by atoms with Crippen molar-refractivity contribution in [2.45, 2.75) is 25.3 Å². The number of aromatic hydroxyl groups is 1. The molecule has 8 nitrogen and oxygen atoms in total. The molecule has 164 valence electrons. The normalized spacial score (nSPS) is 18.5. The molecule has 1 saturated heterocycles. The summed E-state index contributed by atoms with van der Waals surface area (Å²) >= 11 is 0. The van der Waals surface area contributed by atoms with Crippen molar-refractivity contribution in [2.75, 3.05) is 36.0 Å². The van der Waals surface area contributed by atoms with E-state index in [-0.39, 0.29) is 24.2 Å². The number of phenols is 1. The third-order valence-corrected chi connectivity index (χ3v) is 6.16. The number of aromatic nitrogens is 3. The first-order chi connectivity index (χ1) is 15.6. The number of fused-ring (bicyclic) bond motifs is 1. The molecular formula is C24H25N5O3. The Balaban J connectivity index is 1.59. The van der Waals surface area contributed by atoms with E-state index in [0.29, 0.717) is 55.8 Å². The van der Waals surface area contributed by atoms with Gasteiger partial charge in [0.15, 0.2) is 5.82 Å². The molecule has 1 atom stereocenters. The molecule has 5 rings (SSSR count). The van der Waals surface area contributed by atoms with Crippen LogP contribution in [0.2, 0.25) is 0 Å².